The second-order valence-electron chi connectivity index (χ2n) is 27.2. The lowest BCUT2D eigenvalue weighted by Crippen LogP contribution is -2.43. The van der Waals surface area contributed by atoms with Gasteiger partial charge in [0.15, 0.2) is 23.3 Å². The molecule has 117 heavy (non-hydrogen) atoms. The zero-order valence-electron chi connectivity index (χ0n) is 63.7. The van der Waals surface area contributed by atoms with E-state index in [9.17, 15) is 19.2 Å². The van der Waals surface area contributed by atoms with Gasteiger partial charge < -0.3 is 81.2 Å². The molecular weight excluding hydrogens is 1550 g/mol. The molecule has 0 unspecified atom stereocenters. The number of nitrogens with zero attached hydrogens (tertiary/aromatic N) is 18. The summed E-state index contributed by atoms with van der Waals surface area (Å²) in [5, 5.41) is 26.2. The van der Waals surface area contributed by atoms with Crippen molar-refractivity contribution in [2.75, 3.05) is 177 Å². The normalized spacial score (nSPS) is 14.8. The number of aromatic nitrogens is 14. The molecule has 594 valence electrons. The van der Waals surface area contributed by atoms with E-state index in [1.807, 2.05) is 66.7 Å². The number of benzene rings is 2. The van der Waals surface area contributed by atoms with E-state index in [0.29, 0.717) is 63.1 Å². The first-order valence-corrected chi connectivity index (χ1v) is 39.2. The largest absolute Gasteiger partial charge is 0.472 e. The van der Waals surface area contributed by atoms with Gasteiger partial charge in [-0.25, -0.2) is 39.9 Å². The van der Waals surface area contributed by atoms with Crippen molar-refractivity contribution in [3.63, 3.8) is 0 Å². The molecule has 11 aromatic heterocycles. The van der Waals surface area contributed by atoms with Gasteiger partial charge in [0.05, 0.1) is 101 Å². The van der Waals surface area contributed by atoms with Crippen LogP contribution in [-0.2, 0) is 4.74 Å². The number of fused-ring (bicyclic) bond motifs is 1. The Labute approximate surface area is 681 Å². The molecule has 5 aliphatic heterocycles. The van der Waals surface area contributed by atoms with Crippen LogP contribution in [0.3, 0.4) is 0 Å². The van der Waals surface area contributed by atoms with Gasteiger partial charge in [-0.3, -0.25) is 44.1 Å². The van der Waals surface area contributed by atoms with Crippen LogP contribution in [-0.4, -0.2) is 224 Å². The topological polar surface area (TPSA) is 386 Å². The van der Waals surface area contributed by atoms with E-state index in [-0.39, 0.29) is 29.3 Å². The number of carbonyl (C=O) groups is 4. The standard InChI is InChI=1S/C24H27N7O2.C22H20BrN7O.C19H19N7O.C18H18N6O2/c32-24(29-21-17-26-7-6-22(21)31-11-9-25-10-12-31)20-5-8-27-23(28-20)18-1-3-19(4-2-18)30-13-15-33-16-14-30;23-15-1-2-16-14(11-15)12-18(27-16)21-26-6-3-17(28-21)22(31)29-19-13-25-5-4-20(19)30-9-7-24-8-10-30;27-19(15-3-7-23-18(24-15)14-2-1-5-21-12-14)25-16-13-22-6-4-17(16)26-10-8-20-9-11-26;25-18(14-1-5-21-17(22-14)13-3-10-26-12-13)23-15-11-20-4-2-16(15)24-8-6-19-7-9-24/h1-8,17,25H,9-16H2,(H,29,32);1-6,11-13,24,27H,7-10H2,(H,29,31);1-7,12-13,20H,8-11H2,(H,25,27);1-5,10-12,19H,6-9H2,(H,23,25). The highest BCUT2D eigenvalue weighted by atomic mass is 79.9. The number of anilines is 9. The molecular formula is C83H84BrN27O6. The zero-order chi connectivity index (χ0) is 79.9. The van der Waals surface area contributed by atoms with Gasteiger partial charge in [0.1, 0.15) is 29.0 Å². The van der Waals surface area contributed by atoms with Gasteiger partial charge in [-0.15, -0.1) is 0 Å². The fourth-order valence-electron chi connectivity index (χ4n) is 13.6. The monoisotopic (exact) mass is 1630 g/mol. The van der Waals surface area contributed by atoms with E-state index in [0.717, 1.165) is 197 Å². The molecule has 34 heteroatoms. The van der Waals surface area contributed by atoms with E-state index in [2.05, 4.69) is 165 Å². The summed E-state index contributed by atoms with van der Waals surface area (Å²) in [4.78, 5) is 122. The number of ether oxygens (including phenoxy) is 1. The molecule has 0 spiro atoms. The Morgan fingerprint density at radius 2 is 0.761 bits per heavy atom. The van der Waals surface area contributed by atoms with Gasteiger partial charge in [0.2, 0.25) is 0 Å². The van der Waals surface area contributed by atoms with Crippen molar-refractivity contribution in [3.8, 4) is 45.7 Å². The number of H-pyrrole nitrogens is 1. The molecule has 0 radical (unpaired) electrons. The van der Waals surface area contributed by atoms with Crippen LogP contribution in [0, 0.1) is 0 Å². The van der Waals surface area contributed by atoms with E-state index < -0.39 is 0 Å². The third kappa shape index (κ3) is 20.5. The van der Waals surface area contributed by atoms with Crippen LogP contribution in [0.15, 0.2) is 223 Å². The first kappa shape index (κ1) is 78.8. The molecule has 9 N–H and O–H groups in total. The van der Waals surface area contributed by atoms with E-state index in [1.54, 1.807) is 136 Å². The molecule has 0 aliphatic carbocycles. The fourth-order valence-corrected chi connectivity index (χ4v) is 14.0. The highest BCUT2D eigenvalue weighted by Crippen LogP contribution is 2.32. The molecule has 2 aromatic carbocycles. The molecule has 13 aromatic rings. The number of aromatic amines is 1. The highest BCUT2D eigenvalue weighted by molar-refractivity contribution is 9.10. The lowest BCUT2D eigenvalue weighted by molar-refractivity contribution is 0.101. The van der Waals surface area contributed by atoms with Gasteiger partial charge in [0.25, 0.3) is 23.6 Å². The number of hydrogen-bond acceptors (Lipinski definition) is 28. The van der Waals surface area contributed by atoms with Crippen molar-refractivity contribution in [2.24, 2.45) is 0 Å². The number of hydrogen-bond donors (Lipinski definition) is 9. The Bertz CT molecular complexity index is 5510. The summed E-state index contributed by atoms with van der Waals surface area (Å²) in [6, 6.07) is 35.6. The number of halogens is 1. The maximum Gasteiger partial charge on any atom is 0.274 e. The Hall–Kier alpha value is -13.5. The first-order chi connectivity index (χ1) is 57.6. The maximum atomic E-state index is 13.0. The Kier molecular flexibility index (Phi) is 26.3. The smallest absolute Gasteiger partial charge is 0.274 e. The lowest BCUT2D eigenvalue weighted by atomic mass is 10.1. The number of piperazine rings is 4. The minimum atomic E-state index is -0.304. The molecule has 16 heterocycles. The second-order valence-corrected chi connectivity index (χ2v) is 28.1. The van der Waals surface area contributed by atoms with Crippen LogP contribution in [0.2, 0.25) is 0 Å². The minimum absolute atomic E-state index is 0.284. The number of amides is 4. The first-order valence-electron chi connectivity index (χ1n) is 38.4. The summed E-state index contributed by atoms with van der Waals surface area (Å²) in [6.45, 7) is 17.6. The lowest BCUT2D eigenvalue weighted by Gasteiger charge is -2.30. The van der Waals surface area contributed by atoms with Crippen molar-refractivity contribution in [2.45, 2.75) is 0 Å². The second kappa shape index (κ2) is 39.0. The van der Waals surface area contributed by atoms with E-state index in [4.69, 9.17) is 9.15 Å². The number of morpholine rings is 1. The van der Waals surface area contributed by atoms with Gasteiger partial charge >= 0.3 is 0 Å². The minimum Gasteiger partial charge on any atom is -0.472 e. The van der Waals surface area contributed by atoms with Crippen molar-refractivity contribution in [1.82, 2.24) is 91.0 Å². The average Bonchev–Trinajstić information content (AvgIpc) is 1.80. The van der Waals surface area contributed by atoms with Crippen LogP contribution in [0.5, 0.6) is 0 Å². The average molecular weight is 1640 g/mol. The number of furan rings is 1. The number of pyridine rings is 5. The van der Waals surface area contributed by atoms with Gasteiger partial charge in [-0.1, -0.05) is 15.9 Å². The molecule has 4 amide bonds. The molecule has 18 rings (SSSR count). The Balaban J connectivity index is 0.000000123. The van der Waals surface area contributed by atoms with Crippen LogP contribution in [0.4, 0.5) is 51.2 Å². The maximum absolute atomic E-state index is 13.0. The molecule has 5 saturated heterocycles. The highest BCUT2D eigenvalue weighted by Gasteiger charge is 2.24. The van der Waals surface area contributed by atoms with Gasteiger partial charge in [0, 0.05) is 212 Å². The summed E-state index contributed by atoms with van der Waals surface area (Å²) in [7, 11) is 0. The predicted octanol–water partition coefficient (Wildman–Crippen LogP) is 8.87. The Morgan fingerprint density at radius 1 is 0.368 bits per heavy atom. The van der Waals surface area contributed by atoms with Gasteiger partial charge in [-0.05, 0) is 115 Å². The molecule has 5 aliphatic rings. The predicted molar refractivity (Wildman–Crippen MR) is 452 cm³/mol. The number of rotatable bonds is 17. The van der Waals surface area contributed by atoms with Crippen LogP contribution in [0.1, 0.15) is 42.0 Å². The number of nitrogens with one attached hydrogen (secondary N) is 9. The summed E-state index contributed by atoms with van der Waals surface area (Å²) >= 11 is 3.48. The SMILES string of the molecule is O=C(Nc1cnccc1N1CCNCC1)c1ccnc(-c2cc3cc(Br)ccc3[nH]2)n1.O=C(Nc1cnccc1N1CCNCC1)c1ccnc(-c2ccc(N3CCOCC3)cc2)n1.O=C(Nc1cnccc1N1CCNCC1)c1ccnc(-c2cccnc2)n1.O=C(Nc1cnccc1N1CCNCC1)c1ccnc(-c2ccoc2)n1. The van der Waals surface area contributed by atoms with Crippen molar-refractivity contribution < 1.29 is 28.3 Å². The van der Waals surface area contributed by atoms with Crippen molar-refractivity contribution in [1.29, 1.82) is 0 Å². The molecule has 0 bridgehead atoms. The molecule has 0 saturated carbocycles. The quantitative estimate of drug-likeness (QED) is 0.0411. The van der Waals surface area contributed by atoms with Gasteiger partial charge in [-0.2, -0.15) is 0 Å². The molecule has 33 nitrogen and oxygen atoms in total. The van der Waals surface area contributed by atoms with E-state index in [1.165, 1.54) is 0 Å². The van der Waals surface area contributed by atoms with Crippen LogP contribution >= 0.6 is 15.9 Å². The third-order valence-corrected chi connectivity index (χ3v) is 20.1. The fraction of sp³-hybridized carbons (Fsp3) is 0.241. The Morgan fingerprint density at radius 3 is 1.16 bits per heavy atom. The number of carbonyl (C=O) groups excluding carboxylic acids is 4. The summed E-state index contributed by atoms with van der Waals surface area (Å²) in [6.07, 6.45) is 26.4. The summed E-state index contributed by atoms with van der Waals surface area (Å²) in [5.74, 6) is 0.704. The van der Waals surface area contributed by atoms with Crippen molar-refractivity contribution >= 4 is 102 Å². The third-order valence-electron chi connectivity index (χ3n) is 19.6. The molecule has 5 fully saturated rings. The summed E-state index contributed by atoms with van der Waals surface area (Å²) < 4.78 is 11.5. The van der Waals surface area contributed by atoms with E-state index >= 15 is 0 Å². The molecule has 0 atom stereocenters. The van der Waals surface area contributed by atoms with Crippen molar-refractivity contribution in [3.05, 3.63) is 242 Å². The van der Waals surface area contributed by atoms with Crippen LogP contribution in [0.25, 0.3) is 56.6 Å². The van der Waals surface area contributed by atoms with Crippen LogP contribution < -0.4 is 67.0 Å². The summed E-state index contributed by atoms with van der Waals surface area (Å²) in [5.41, 5.74) is 12.9. The zero-order valence-corrected chi connectivity index (χ0v) is 65.3.